The van der Waals surface area contributed by atoms with Gasteiger partial charge in [-0.05, 0) is 30.2 Å². The highest BCUT2D eigenvalue weighted by molar-refractivity contribution is 5.77. The molecular weight excluding hydrogens is 266 g/mol. The molecule has 0 bridgehead atoms. The van der Waals surface area contributed by atoms with Gasteiger partial charge in [0.05, 0.1) is 13.5 Å². The summed E-state index contributed by atoms with van der Waals surface area (Å²) in [4.78, 5) is 17.2. The van der Waals surface area contributed by atoms with Crippen LogP contribution in [0.5, 0.6) is 5.75 Å². The second-order valence-corrected chi connectivity index (χ2v) is 4.72. The van der Waals surface area contributed by atoms with E-state index in [-0.39, 0.29) is 18.4 Å². The van der Waals surface area contributed by atoms with Gasteiger partial charge in [0.2, 0.25) is 5.91 Å². The summed E-state index contributed by atoms with van der Waals surface area (Å²) in [6.07, 6.45) is 0.0805. The number of hydroxylamine groups is 1. The highest BCUT2D eigenvalue weighted by Crippen LogP contribution is 2.15. The van der Waals surface area contributed by atoms with Crippen molar-refractivity contribution in [2.45, 2.75) is 19.4 Å². The first kappa shape index (κ1) is 15.1. The zero-order valence-electron chi connectivity index (χ0n) is 12.2. The largest absolute Gasteiger partial charge is 0.497 e. The zero-order chi connectivity index (χ0) is 15.1. The molecule has 1 N–H and O–H groups in total. The van der Waals surface area contributed by atoms with Gasteiger partial charge in [-0.15, -0.1) is 0 Å². The Labute approximate surface area is 124 Å². The molecular formula is C17H19NO3. The number of nitrogens with one attached hydrogen (secondary N) is 1. The monoisotopic (exact) mass is 285 g/mol. The molecule has 4 nitrogen and oxygen atoms in total. The second kappa shape index (κ2) is 7.45. The number of hydrogen-bond donors (Lipinski definition) is 1. The van der Waals surface area contributed by atoms with E-state index >= 15 is 0 Å². The average Bonchev–Trinajstić information content (AvgIpc) is 2.54. The molecule has 1 amide bonds. The molecule has 0 fully saturated rings. The highest BCUT2D eigenvalue weighted by atomic mass is 16.7. The fourth-order valence-corrected chi connectivity index (χ4v) is 1.91. The number of ether oxygens (including phenoxy) is 1. The highest BCUT2D eigenvalue weighted by Gasteiger charge is 2.08. The van der Waals surface area contributed by atoms with Crippen LogP contribution in [0.25, 0.3) is 0 Å². The van der Waals surface area contributed by atoms with Gasteiger partial charge >= 0.3 is 0 Å². The van der Waals surface area contributed by atoms with Crippen LogP contribution in [-0.2, 0) is 16.1 Å². The molecule has 1 atom stereocenters. The standard InChI is InChI=1S/C17H19NO3/c1-13(15-6-4-3-5-7-15)21-18-17(19)12-14-8-10-16(20-2)11-9-14/h3-11,13H,12H2,1-2H3,(H,18,19). The van der Waals surface area contributed by atoms with Crippen molar-refractivity contribution in [1.82, 2.24) is 5.48 Å². The lowest BCUT2D eigenvalue weighted by atomic mass is 10.1. The fourth-order valence-electron chi connectivity index (χ4n) is 1.91. The second-order valence-electron chi connectivity index (χ2n) is 4.72. The maximum absolute atomic E-state index is 11.8. The third kappa shape index (κ3) is 4.61. The lowest BCUT2D eigenvalue weighted by molar-refractivity contribution is -0.137. The summed E-state index contributed by atoms with van der Waals surface area (Å²) in [6, 6.07) is 17.1. The topological polar surface area (TPSA) is 47.6 Å². The van der Waals surface area contributed by atoms with E-state index in [1.165, 1.54) is 0 Å². The minimum absolute atomic E-state index is 0.178. The number of carbonyl (C=O) groups is 1. The van der Waals surface area contributed by atoms with Crippen molar-refractivity contribution in [3.8, 4) is 5.75 Å². The molecule has 2 aromatic rings. The van der Waals surface area contributed by atoms with Crippen LogP contribution < -0.4 is 10.2 Å². The lowest BCUT2D eigenvalue weighted by Gasteiger charge is -2.13. The molecule has 2 rings (SSSR count). The third-order valence-electron chi connectivity index (χ3n) is 3.14. The molecule has 0 aromatic heterocycles. The minimum atomic E-state index is -0.189. The molecule has 0 aliphatic rings. The molecule has 4 heteroatoms. The summed E-state index contributed by atoms with van der Waals surface area (Å²) in [5.74, 6) is 0.594. The molecule has 2 aromatic carbocycles. The maximum Gasteiger partial charge on any atom is 0.247 e. The van der Waals surface area contributed by atoms with Gasteiger partial charge in [-0.25, -0.2) is 5.48 Å². The zero-order valence-corrected chi connectivity index (χ0v) is 12.2. The Kier molecular flexibility index (Phi) is 5.35. The number of amides is 1. The van der Waals surface area contributed by atoms with Gasteiger partial charge in [-0.2, -0.15) is 0 Å². The number of benzene rings is 2. The van der Waals surface area contributed by atoms with E-state index in [1.807, 2.05) is 61.5 Å². The van der Waals surface area contributed by atoms with Crippen LogP contribution in [0.2, 0.25) is 0 Å². The molecule has 0 saturated carbocycles. The van der Waals surface area contributed by atoms with E-state index in [2.05, 4.69) is 5.48 Å². The van der Waals surface area contributed by atoms with Crippen molar-refractivity contribution in [3.63, 3.8) is 0 Å². The smallest absolute Gasteiger partial charge is 0.247 e. The Morgan fingerprint density at radius 1 is 1.10 bits per heavy atom. The molecule has 1 unspecified atom stereocenters. The van der Waals surface area contributed by atoms with E-state index < -0.39 is 0 Å². The Balaban J connectivity index is 1.81. The Hall–Kier alpha value is -2.33. The van der Waals surface area contributed by atoms with Crippen LogP contribution >= 0.6 is 0 Å². The van der Waals surface area contributed by atoms with E-state index in [0.717, 1.165) is 16.9 Å². The van der Waals surface area contributed by atoms with Gasteiger partial charge in [0.25, 0.3) is 0 Å². The van der Waals surface area contributed by atoms with Crippen molar-refractivity contribution in [2.75, 3.05) is 7.11 Å². The third-order valence-corrected chi connectivity index (χ3v) is 3.14. The Morgan fingerprint density at radius 3 is 2.38 bits per heavy atom. The predicted octanol–water partition coefficient (Wildman–Crippen LogP) is 3.05. The number of rotatable bonds is 6. The molecule has 0 saturated heterocycles. The number of hydrogen-bond acceptors (Lipinski definition) is 3. The van der Waals surface area contributed by atoms with Crippen LogP contribution in [-0.4, -0.2) is 13.0 Å². The van der Waals surface area contributed by atoms with E-state index in [0.29, 0.717) is 0 Å². The van der Waals surface area contributed by atoms with E-state index in [9.17, 15) is 4.79 Å². The van der Waals surface area contributed by atoms with Gasteiger partial charge in [0, 0.05) is 0 Å². The lowest BCUT2D eigenvalue weighted by Crippen LogP contribution is -2.26. The SMILES string of the molecule is COc1ccc(CC(=O)NOC(C)c2ccccc2)cc1. The molecule has 0 heterocycles. The van der Waals surface area contributed by atoms with Crippen LogP contribution in [0, 0.1) is 0 Å². The molecule has 0 radical (unpaired) electrons. The van der Waals surface area contributed by atoms with Gasteiger partial charge in [-0.3, -0.25) is 9.63 Å². The summed E-state index contributed by atoms with van der Waals surface area (Å²) in [5.41, 5.74) is 4.41. The van der Waals surface area contributed by atoms with Crippen molar-refractivity contribution in [3.05, 3.63) is 65.7 Å². The Morgan fingerprint density at radius 2 is 1.76 bits per heavy atom. The number of methoxy groups -OCH3 is 1. The fraction of sp³-hybridized carbons (Fsp3) is 0.235. The predicted molar refractivity (Wildman–Crippen MR) is 80.8 cm³/mol. The normalized spacial score (nSPS) is 11.7. The van der Waals surface area contributed by atoms with Crippen molar-refractivity contribution in [1.29, 1.82) is 0 Å². The van der Waals surface area contributed by atoms with Crippen molar-refractivity contribution in [2.24, 2.45) is 0 Å². The van der Waals surface area contributed by atoms with E-state index in [4.69, 9.17) is 9.57 Å². The van der Waals surface area contributed by atoms with Crippen LogP contribution in [0.1, 0.15) is 24.2 Å². The molecule has 21 heavy (non-hydrogen) atoms. The van der Waals surface area contributed by atoms with Crippen molar-refractivity contribution >= 4 is 5.91 Å². The quantitative estimate of drug-likeness (QED) is 0.830. The Bertz CT molecular complexity index is 566. The van der Waals surface area contributed by atoms with Gasteiger partial charge in [0.15, 0.2) is 0 Å². The summed E-state index contributed by atoms with van der Waals surface area (Å²) < 4.78 is 5.08. The first-order chi connectivity index (χ1) is 10.2. The summed E-state index contributed by atoms with van der Waals surface area (Å²) in [5, 5.41) is 0. The van der Waals surface area contributed by atoms with Gasteiger partial charge < -0.3 is 4.74 Å². The maximum atomic E-state index is 11.8. The van der Waals surface area contributed by atoms with E-state index in [1.54, 1.807) is 7.11 Å². The first-order valence-electron chi connectivity index (χ1n) is 6.81. The van der Waals surface area contributed by atoms with Crippen LogP contribution in [0.3, 0.4) is 0 Å². The number of carbonyl (C=O) groups excluding carboxylic acids is 1. The molecule has 0 aliphatic heterocycles. The summed E-state index contributed by atoms with van der Waals surface area (Å²) in [6.45, 7) is 1.89. The van der Waals surface area contributed by atoms with Crippen LogP contribution in [0.15, 0.2) is 54.6 Å². The van der Waals surface area contributed by atoms with Gasteiger partial charge in [0.1, 0.15) is 11.9 Å². The molecule has 110 valence electrons. The van der Waals surface area contributed by atoms with Gasteiger partial charge in [-0.1, -0.05) is 42.5 Å². The molecule has 0 aliphatic carbocycles. The molecule has 0 spiro atoms. The summed E-state index contributed by atoms with van der Waals surface area (Å²) >= 11 is 0. The summed E-state index contributed by atoms with van der Waals surface area (Å²) in [7, 11) is 1.61. The first-order valence-corrected chi connectivity index (χ1v) is 6.81. The van der Waals surface area contributed by atoms with Crippen LogP contribution in [0.4, 0.5) is 0 Å². The average molecular weight is 285 g/mol. The minimum Gasteiger partial charge on any atom is -0.497 e. The van der Waals surface area contributed by atoms with Crippen molar-refractivity contribution < 1.29 is 14.4 Å².